The van der Waals surface area contributed by atoms with Gasteiger partial charge in [-0.3, -0.25) is 4.68 Å². The number of rotatable bonds is 7. The lowest BCUT2D eigenvalue weighted by atomic mass is 9.87. The lowest BCUT2D eigenvalue weighted by Gasteiger charge is -2.27. The minimum Gasteiger partial charge on any atom is -0.491 e. The van der Waals surface area contributed by atoms with Crippen molar-refractivity contribution in [3.63, 3.8) is 0 Å². The van der Waals surface area contributed by atoms with E-state index < -0.39 is 6.10 Å². The summed E-state index contributed by atoms with van der Waals surface area (Å²) in [7, 11) is 0. The lowest BCUT2D eigenvalue weighted by molar-refractivity contribution is 0.0647. The summed E-state index contributed by atoms with van der Waals surface area (Å²) in [5.41, 5.74) is 2.68. The molecular weight excluding hydrogens is 508 g/mol. The third-order valence-corrected chi connectivity index (χ3v) is 8.19. The molecule has 5 rings (SSSR count). The van der Waals surface area contributed by atoms with Crippen LogP contribution in [0.3, 0.4) is 0 Å². The SMILES string of the molecule is N#Cc1ccc(OCC(O)[C@@H]2CCN(c3cc4nn(C5CCC(CO)CC5)cc4cc3Br)C2)cc1. The van der Waals surface area contributed by atoms with Crippen LogP contribution in [0, 0.1) is 23.2 Å². The van der Waals surface area contributed by atoms with Crippen LogP contribution in [0.15, 0.2) is 47.1 Å². The Morgan fingerprint density at radius 2 is 1.91 bits per heavy atom. The smallest absolute Gasteiger partial charge is 0.119 e. The van der Waals surface area contributed by atoms with E-state index in [1.807, 2.05) is 0 Å². The minimum absolute atomic E-state index is 0.121. The molecule has 0 spiro atoms. The summed E-state index contributed by atoms with van der Waals surface area (Å²) in [4.78, 5) is 2.31. The molecule has 2 fully saturated rings. The van der Waals surface area contributed by atoms with Gasteiger partial charge in [-0.2, -0.15) is 10.4 Å². The maximum atomic E-state index is 10.8. The average Bonchev–Trinajstić information content (AvgIpc) is 3.54. The fraction of sp³-hybridized carbons (Fsp3) is 0.481. The molecule has 0 amide bonds. The molecule has 1 saturated carbocycles. The van der Waals surface area contributed by atoms with Crippen LogP contribution >= 0.6 is 15.9 Å². The van der Waals surface area contributed by atoms with Gasteiger partial charge in [0.1, 0.15) is 12.4 Å². The van der Waals surface area contributed by atoms with E-state index in [4.69, 9.17) is 15.1 Å². The summed E-state index contributed by atoms with van der Waals surface area (Å²) in [6.45, 7) is 2.15. The fourth-order valence-electron chi connectivity index (χ4n) is 5.34. The zero-order valence-corrected chi connectivity index (χ0v) is 21.3. The molecule has 2 aromatic carbocycles. The molecule has 1 aliphatic carbocycles. The molecule has 0 bridgehead atoms. The zero-order chi connectivity index (χ0) is 24.4. The Morgan fingerprint density at radius 1 is 1.14 bits per heavy atom. The molecule has 2 aliphatic rings. The molecule has 35 heavy (non-hydrogen) atoms. The van der Waals surface area contributed by atoms with E-state index in [-0.39, 0.29) is 19.1 Å². The molecule has 2 atom stereocenters. The van der Waals surface area contributed by atoms with Crippen molar-refractivity contribution >= 4 is 32.5 Å². The van der Waals surface area contributed by atoms with Crippen LogP contribution in [0.4, 0.5) is 5.69 Å². The molecule has 0 radical (unpaired) electrons. The van der Waals surface area contributed by atoms with E-state index in [9.17, 15) is 10.2 Å². The number of nitriles is 1. The van der Waals surface area contributed by atoms with Crippen LogP contribution in [0.5, 0.6) is 5.75 Å². The number of hydrogen-bond acceptors (Lipinski definition) is 6. The number of ether oxygens (including phenoxy) is 1. The Hall–Kier alpha value is -2.60. The highest BCUT2D eigenvalue weighted by Gasteiger charge is 2.30. The fourth-order valence-corrected chi connectivity index (χ4v) is 5.95. The second-order valence-corrected chi connectivity index (χ2v) is 10.7. The molecule has 3 aromatic rings. The molecule has 7 nitrogen and oxygen atoms in total. The van der Waals surface area contributed by atoms with Crippen LogP contribution < -0.4 is 9.64 Å². The summed E-state index contributed by atoms with van der Waals surface area (Å²) in [6, 6.07) is 13.7. The van der Waals surface area contributed by atoms with Crippen LogP contribution in [-0.4, -0.2) is 52.4 Å². The van der Waals surface area contributed by atoms with Crippen molar-refractivity contribution in [1.82, 2.24) is 9.78 Å². The van der Waals surface area contributed by atoms with Crippen LogP contribution in [0.1, 0.15) is 43.7 Å². The van der Waals surface area contributed by atoms with Gasteiger partial charge in [-0.15, -0.1) is 0 Å². The monoisotopic (exact) mass is 538 g/mol. The number of hydrogen-bond donors (Lipinski definition) is 2. The van der Waals surface area contributed by atoms with Gasteiger partial charge in [0, 0.05) is 41.7 Å². The van der Waals surface area contributed by atoms with Crippen LogP contribution in [0.2, 0.25) is 0 Å². The first-order valence-corrected chi connectivity index (χ1v) is 13.2. The summed E-state index contributed by atoms with van der Waals surface area (Å²) >= 11 is 3.76. The molecule has 1 unspecified atom stereocenters. The molecular formula is C27H31BrN4O3. The average molecular weight is 539 g/mol. The molecule has 2 N–H and O–H groups in total. The summed E-state index contributed by atoms with van der Waals surface area (Å²) < 4.78 is 8.92. The van der Waals surface area contributed by atoms with Gasteiger partial charge in [-0.05, 0) is 90.4 Å². The van der Waals surface area contributed by atoms with Gasteiger partial charge in [0.05, 0.1) is 35.0 Å². The van der Waals surface area contributed by atoms with E-state index in [0.717, 1.165) is 66.3 Å². The summed E-state index contributed by atoms with van der Waals surface area (Å²) in [5.74, 6) is 1.21. The topological polar surface area (TPSA) is 94.5 Å². The molecule has 1 saturated heterocycles. The third-order valence-electron chi connectivity index (χ3n) is 7.55. The minimum atomic E-state index is -0.564. The zero-order valence-electron chi connectivity index (χ0n) is 19.7. The first kappa shape index (κ1) is 24.1. The Morgan fingerprint density at radius 3 is 2.63 bits per heavy atom. The number of nitrogens with zero attached hydrogens (tertiary/aromatic N) is 4. The van der Waals surface area contributed by atoms with Gasteiger partial charge in [-0.1, -0.05) is 0 Å². The highest BCUT2D eigenvalue weighted by atomic mass is 79.9. The number of aromatic nitrogens is 2. The Kier molecular flexibility index (Phi) is 7.28. The van der Waals surface area contributed by atoms with E-state index in [1.54, 1.807) is 24.3 Å². The highest BCUT2D eigenvalue weighted by molar-refractivity contribution is 9.10. The predicted octanol–water partition coefficient (Wildman–Crippen LogP) is 4.66. The quantitative estimate of drug-likeness (QED) is 0.454. The Labute approximate surface area is 214 Å². The molecule has 1 aromatic heterocycles. The first-order chi connectivity index (χ1) is 17.0. The van der Waals surface area contributed by atoms with E-state index in [1.165, 1.54) is 0 Å². The number of aliphatic hydroxyl groups excluding tert-OH is 2. The van der Waals surface area contributed by atoms with Gasteiger partial charge in [-0.25, -0.2) is 0 Å². The van der Waals surface area contributed by atoms with Crippen molar-refractivity contribution < 1.29 is 14.9 Å². The highest BCUT2D eigenvalue weighted by Crippen LogP contribution is 2.37. The largest absolute Gasteiger partial charge is 0.491 e. The van der Waals surface area contributed by atoms with Crippen molar-refractivity contribution in [3.05, 3.63) is 52.6 Å². The van der Waals surface area contributed by atoms with Crippen molar-refractivity contribution in [2.45, 2.75) is 44.2 Å². The van der Waals surface area contributed by atoms with Gasteiger partial charge in [0.2, 0.25) is 0 Å². The van der Waals surface area contributed by atoms with Crippen LogP contribution in [-0.2, 0) is 0 Å². The third kappa shape index (κ3) is 5.32. The molecule has 1 aliphatic heterocycles. The predicted molar refractivity (Wildman–Crippen MR) is 138 cm³/mol. The van der Waals surface area contributed by atoms with Crippen molar-refractivity contribution in [3.8, 4) is 11.8 Å². The number of fused-ring (bicyclic) bond motifs is 1. The van der Waals surface area contributed by atoms with Gasteiger partial charge >= 0.3 is 0 Å². The van der Waals surface area contributed by atoms with Gasteiger partial charge in [0.15, 0.2) is 0 Å². The van der Waals surface area contributed by atoms with Crippen molar-refractivity contribution in [1.29, 1.82) is 5.26 Å². The molecule has 2 heterocycles. The van der Waals surface area contributed by atoms with Crippen molar-refractivity contribution in [2.24, 2.45) is 11.8 Å². The second kappa shape index (κ2) is 10.6. The van der Waals surface area contributed by atoms with E-state index in [2.05, 4.69) is 49.9 Å². The van der Waals surface area contributed by atoms with Gasteiger partial charge in [0.25, 0.3) is 0 Å². The van der Waals surface area contributed by atoms with Crippen molar-refractivity contribution in [2.75, 3.05) is 31.2 Å². The molecule has 184 valence electrons. The molecule has 8 heteroatoms. The van der Waals surface area contributed by atoms with Gasteiger partial charge < -0.3 is 19.8 Å². The Bertz CT molecular complexity index is 1200. The lowest BCUT2D eigenvalue weighted by Crippen LogP contribution is -2.30. The standard InChI is InChI=1S/C27H31BrN4O3/c28-24-11-21-15-32(22-5-1-19(16-33)2-6-22)30-25(21)12-26(24)31-10-9-20(14-31)27(34)17-35-23-7-3-18(13-29)4-8-23/h3-4,7-8,11-12,15,19-20,22,27,33-34H,1-2,5-6,9-10,14,16-17H2/t19?,20-,22?,27?/m1/s1. The second-order valence-electron chi connectivity index (χ2n) is 9.84. The summed E-state index contributed by atoms with van der Waals surface area (Å²) in [6.07, 6.45) is 6.70. The normalized spacial score (nSPS) is 23.4. The van der Waals surface area contributed by atoms with Crippen LogP contribution in [0.25, 0.3) is 10.9 Å². The summed E-state index contributed by atoms with van der Waals surface area (Å²) in [5, 5.41) is 35.1. The number of aliphatic hydroxyl groups is 2. The first-order valence-electron chi connectivity index (χ1n) is 12.4. The maximum absolute atomic E-state index is 10.8. The number of halogens is 1. The maximum Gasteiger partial charge on any atom is 0.119 e. The number of benzene rings is 2. The van der Waals surface area contributed by atoms with E-state index in [0.29, 0.717) is 23.3 Å². The Balaban J connectivity index is 1.22. The van der Waals surface area contributed by atoms with E-state index >= 15 is 0 Å². The number of anilines is 1.